The van der Waals surface area contributed by atoms with Crippen molar-refractivity contribution in [3.8, 4) is 0 Å². The van der Waals surface area contributed by atoms with E-state index in [4.69, 9.17) is 11.6 Å². The quantitative estimate of drug-likeness (QED) is 0.790. The summed E-state index contributed by atoms with van der Waals surface area (Å²) in [5.74, 6) is 0.713. The van der Waals surface area contributed by atoms with Gasteiger partial charge in [0.1, 0.15) is 0 Å². The number of halogens is 1. The molecular formula is C12H16ClN. The largest absolute Gasteiger partial charge is 0.317 e. The topological polar surface area (TPSA) is 12.0 Å². The van der Waals surface area contributed by atoms with Crippen LogP contribution in [0.5, 0.6) is 0 Å². The van der Waals surface area contributed by atoms with Gasteiger partial charge in [0.15, 0.2) is 0 Å². The van der Waals surface area contributed by atoms with Gasteiger partial charge in [-0.2, -0.15) is 0 Å². The molecule has 1 aliphatic carbocycles. The Labute approximate surface area is 90.5 Å². The standard InChI is InChI=1S/C12H16ClN/c1-8-3-9(5-11(13)4-8)10-6-12(7-10)14-2/h3-5,10,12,14H,6-7H2,1-2H3. The first-order valence-electron chi connectivity index (χ1n) is 5.13. The van der Waals surface area contributed by atoms with Gasteiger partial charge in [0.2, 0.25) is 0 Å². The summed E-state index contributed by atoms with van der Waals surface area (Å²) in [7, 11) is 2.03. The monoisotopic (exact) mass is 209 g/mol. The molecule has 1 aliphatic rings. The van der Waals surface area contributed by atoms with E-state index in [0.717, 1.165) is 5.02 Å². The third kappa shape index (κ3) is 1.94. The lowest BCUT2D eigenvalue weighted by Crippen LogP contribution is -2.37. The van der Waals surface area contributed by atoms with Crippen LogP contribution in [-0.2, 0) is 0 Å². The van der Waals surface area contributed by atoms with Crippen molar-refractivity contribution in [1.82, 2.24) is 5.32 Å². The van der Waals surface area contributed by atoms with Crippen LogP contribution in [0.3, 0.4) is 0 Å². The minimum atomic E-state index is 0.708. The second-order valence-electron chi connectivity index (χ2n) is 4.22. The molecule has 1 nitrogen and oxygen atoms in total. The second kappa shape index (κ2) is 3.92. The van der Waals surface area contributed by atoms with Crippen molar-refractivity contribution in [3.05, 3.63) is 34.3 Å². The molecule has 1 saturated carbocycles. The number of nitrogens with one attached hydrogen (secondary N) is 1. The maximum absolute atomic E-state index is 6.03. The van der Waals surface area contributed by atoms with Crippen molar-refractivity contribution < 1.29 is 0 Å². The summed E-state index contributed by atoms with van der Waals surface area (Å²) in [6, 6.07) is 7.08. The highest BCUT2D eigenvalue weighted by molar-refractivity contribution is 6.30. The van der Waals surface area contributed by atoms with Gasteiger partial charge in [-0.05, 0) is 56.0 Å². The zero-order valence-corrected chi connectivity index (χ0v) is 9.43. The molecule has 1 fully saturated rings. The van der Waals surface area contributed by atoms with Gasteiger partial charge in [-0.25, -0.2) is 0 Å². The second-order valence-corrected chi connectivity index (χ2v) is 4.65. The first-order chi connectivity index (χ1) is 6.69. The summed E-state index contributed by atoms with van der Waals surface area (Å²) in [6.07, 6.45) is 2.49. The van der Waals surface area contributed by atoms with Gasteiger partial charge in [-0.1, -0.05) is 17.7 Å². The number of benzene rings is 1. The molecule has 1 aromatic rings. The summed E-state index contributed by atoms with van der Waals surface area (Å²) < 4.78 is 0. The van der Waals surface area contributed by atoms with Crippen molar-refractivity contribution in [1.29, 1.82) is 0 Å². The number of rotatable bonds is 2. The van der Waals surface area contributed by atoms with E-state index in [9.17, 15) is 0 Å². The van der Waals surface area contributed by atoms with Crippen molar-refractivity contribution in [3.63, 3.8) is 0 Å². The van der Waals surface area contributed by atoms with Crippen LogP contribution in [0.25, 0.3) is 0 Å². The van der Waals surface area contributed by atoms with Crippen LogP contribution in [0.1, 0.15) is 29.9 Å². The third-order valence-electron chi connectivity index (χ3n) is 3.08. The molecule has 0 aromatic heterocycles. The van der Waals surface area contributed by atoms with E-state index in [1.54, 1.807) is 0 Å². The van der Waals surface area contributed by atoms with Gasteiger partial charge < -0.3 is 5.32 Å². The highest BCUT2D eigenvalue weighted by Crippen LogP contribution is 2.37. The maximum atomic E-state index is 6.03. The molecule has 1 aromatic carbocycles. The zero-order valence-electron chi connectivity index (χ0n) is 8.68. The lowest BCUT2D eigenvalue weighted by molar-refractivity contribution is 0.307. The fourth-order valence-corrected chi connectivity index (χ4v) is 2.42. The average molecular weight is 210 g/mol. The minimum absolute atomic E-state index is 0.708. The van der Waals surface area contributed by atoms with Crippen LogP contribution < -0.4 is 5.32 Å². The van der Waals surface area contributed by atoms with Gasteiger partial charge in [0, 0.05) is 11.1 Å². The first kappa shape index (κ1) is 10.0. The van der Waals surface area contributed by atoms with E-state index < -0.39 is 0 Å². The fraction of sp³-hybridized carbons (Fsp3) is 0.500. The smallest absolute Gasteiger partial charge is 0.0411 e. The molecule has 0 radical (unpaired) electrons. The van der Waals surface area contributed by atoms with Crippen LogP contribution in [-0.4, -0.2) is 13.1 Å². The van der Waals surface area contributed by atoms with Gasteiger partial charge in [-0.3, -0.25) is 0 Å². The minimum Gasteiger partial charge on any atom is -0.317 e. The van der Waals surface area contributed by atoms with Crippen LogP contribution >= 0.6 is 11.6 Å². The Kier molecular flexibility index (Phi) is 2.80. The lowest BCUT2D eigenvalue weighted by atomic mass is 9.76. The summed E-state index contributed by atoms with van der Waals surface area (Å²) in [4.78, 5) is 0. The van der Waals surface area contributed by atoms with Gasteiger partial charge in [-0.15, -0.1) is 0 Å². The molecule has 0 bridgehead atoms. The van der Waals surface area contributed by atoms with Gasteiger partial charge in [0.25, 0.3) is 0 Å². The van der Waals surface area contributed by atoms with Crippen molar-refractivity contribution in [2.45, 2.75) is 31.7 Å². The highest BCUT2D eigenvalue weighted by atomic mass is 35.5. The molecule has 14 heavy (non-hydrogen) atoms. The van der Waals surface area contributed by atoms with Crippen LogP contribution in [0.15, 0.2) is 18.2 Å². The van der Waals surface area contributed by atoms with E-state index in [0.29, 0.717) is 12.0 Å². The Morgan fingerprint density at radius 3 is 2.57 bits per heavy atom. The molecule has 76 valence electrons. The Morgan fingerprint density at radius 2 is 2.00 bits per heavy atom. The molecule has 0 heterocycles. The molecule has 2 rings (SSSR count). The number of hydrogen-bond donors (Lipinski definition) is 1. The Morgan fingerprint density at radius 1 is 1.29 bits per heavy atom. The SMILES string of the molecule is CNC1CC(c2cc(C)cc(Cl)c2)C1. The summed E-state index contributed by atoms with van der Waals surface area (Å²) in [5, 5.41) is 4.17. The molecule has 1 N–H and O–H groups in total. The van der Waals surface area contributed by atoms with Crippen LogP contribution in [0, 0.1) is 6.92 Å². The molecule has 0 atom stereocenters. The lowest BCUT2D eigenvalue weighted by Gasteiger charge is -2.35. The third-order valence-corrected chi connectivity index (χ3v) is 3.30. The normalized spacial score (nSPS) is 25.9. The molecule has 0 amide bonds. The fourth-order valence-electron chi connectivity index (χ4n) is 2.13. The number of aryl methyl sites for hydroxylation is 1. The van der Waals surface area contributed by atoms with E-state index in [1.807, 2.05) is 13.1 Å². The summed E-state index contributed by atoms with van der Waals surface area (Å²) in [6.45, 7) is 2.10. The summed E-state index contributed by atoms with van der Waals surface area (Å²) >= 11 is 6.03. The van der Waals surface area contributed by atoms with Crippen LogP contribution in [0.4, 0.5) is 0 Å². The first-order valence-corrected chi connectivity index (χ1v) is 5.51. The number of hydrogen-bond acceptors (Lipinski definition) is 1. The van der Waals surface area contributed by atoms with E-state index >= 15 is 0 Å². The van der Waals surface area contributed by atoms with Crippen molar-refractivity contribution in [2.24, 2.45) is 0 Å². The average Bonchev–Trinajstić information content (AvgIpc) is 2.00. The molecule has 0 aliphatic heterocycles. The molecule has 0 unspecified atom stereocenters. The van der Waals surface area contributed by atoms with E-state index in [-0.39, 0.29) is 0 Å². The molecule has 0 spiro atoms. The molecule has 0 saturated heterocycles. The van der Waals surface area contributed by atoms with Gasteiger partial charge >= 0.3 is 0 Å². The summed E-state index contributed by atoms with van der Waals surface area (Å²) in [5.41, 5.74) is 2.67. The van der Waals surface area contributed by atoms with E-state index in [2.05, 4.69) is 24.4 Å². The Bertz CT molecular complexity index is 309. The van der Waals surface area contributed by atoms with Gasteiger partial charge in [0.05, 0.1) is 0 Å². The zero-order chi connectivity index (χ0) is 10.1. The van der Waals surface area contributed by atoms with Crippen LogP contribution in [0.2, 0.25) is 5.02 Å². The predicted molar refractivity (Wildman–Crippen MR) is 61.0 cm³/mol. The van der Waals surface area contributed by atoms with Crippen molar-refractivity contribution >= 4 is 11.6 Å². The Balaban J connectivity index is 2.10. The maximum Gasteiger partial charge on any atom is 0.0411 e. The molecule has 2 heteroatoms. The molecular weight excluding hydrogens is 194 g/mol. The van der Waals surface area contributed by atoms with Crippen molar-refractivity contribution in [2.75, 3.05) is 7.05 Å². The predicted octanol–water partition coefficient (Wildman–Crippen LogP) is 3.11. The highest BCUT2D eigenvalue weighted by Gasteiger charge is 2.28. The Hall–Kier alpha value is -0.530. The van der Waals surface area contributed by atoms with E-state index in [1.165, 1.54) is 24.0 Å².